The number of aromatic amines is 1. The molecule has 0 saturated carbocycles. The first-order valence-electron chi connectivity index (χ1n) is 14.0. The minimum atomic E-state index is -0.629. The van der Waals surface area contributed by atoms with E-state index < -0.39 is 11.9 Å². The number of ether oxygens (including phenoxy) is 3. The minimum absolute atomic E-state index is 0.0115. The van der Waals surface area contributed by atoms with E-state index in [1.54, 1.807) is 31.2 Å². The first-order valence-corrected chi connectivity index (χ1v) is 14.0. The van der Waals surface area contributed by atoms with Gasteiger partial charge in [-0.25, -0.2) is 4.79 Å². The number of para-hydroxylation sites is 1. The van der Waals surface area contributed by atoms with Gasteiger partial charge in [0, 0.05) is 12.3 Å². The number of unbranched alkanes of at least 4 members (excludes halogenated alkanes) is 7. The summed E-state index contributed by atoms with van der Waals surface area (Å²) in [4.78, 5) is 38.3. The molecule has 4 N–H and O–H groups in total. The molecular formula is C31H42N2O7. The molecule has 0 atom stereocenters. The highest BCUT2D eigenvalue weighted by Crippen LogP contribution is 2.31. The highest BCUT2D eigenvalue weighted by molar-refractivity contribution is 5.95. The molecule has 0 spiro atoms. The number of benzene rings is 2. The Morgan fingerprint density at radius 1 is 0.850 bits per heavy atom. The molecular weight excluding hydrogens is 512 g/mol. The van der Waals surface area contributed by atoms with Crippen LogP contribution in [-0.4, -0.2) is 41.8 Å². The van der Waals surface area contributed by atoms with Gasteiger partial charge in [0.1, 0.15) is 11.3 Å². The van der Waals surface area contributed by atoms with Gasteiger partial charge in [-0.1, -0.05) is 64.0 Å². The lowest BCUT2D eigenvalue weighted by Gasteiger charge is -2.13. The van der Waals surface area contributed by atoms with Crippen LogP contribution >= 0.6 is 0 Å². The van der Waals surface area contributed by atoms with Crippen LogP contribution in [0.5, 0.6) is 17.2 Å². The predicted octanol–water partition coefficient (Wildman–Crippen LogP) is 6.11. The largest absolute Gasteiger partial charge is 0.507 e. The Balaban J connectivity index is 0.000000469. The van der Waals surface area contributed by atoms with Crippen LogP contribution in [0.1, 0.15) is 92.9 Å². The zero-order valence-corrected chi connectivity index (χ0v) is 23.8. The molecule has 9 heteroatoms. The maximum absolute atomic E-state index is 12.8. The highest BCUT2D eigenvalue weighted by atomic mass is 16.5. The molecule has 1 aromatic heterocycles. The molecule has 0 radical (unpaired) electrons. The van der Waals surface area contributed by atoms with Crippen LogP contribution < -0.4 is 20.6 Å². The van der Waals surface area contributed by atoms with Gasteiger partial charge in [-0.2, -0.15) is 0 Å². The average molecular weight is 555 g/mol. The van der Waals surface area contributed by atoms with Crippen LogP contribution in [0.25, 0.3) is 10.9 Å². The van der Waals surface area contributed by atoms with Gasteiger partial charge in [-0.15, -0.1) is 0 Å². The number of carbonyl (C=O) groups excluding carboxylic acids is 2. The second kappa shape index (κ2) is 17.6. The fourth-order valence-electron chi connectivity index (χ4n) is 4.07. The van der Waals surface area contributed by atoms with Crippen LogP contribution in [0.2, 0.25) is 0 Å². The first-order chi connectivity index (χ1) is 19.3. The summed E-state index contributed by atoms with van der Waals surface area (Å²) >= 11 is 0. The zero-order chi connectivity index (χ0) is 29.3. The van der Waals surface area contributed by atoms with Gasteiger partial charge in [0.15, 0.2) is 11.5 Å². The number of hydrogen-bond acceptors (Lipinski definition) is 7. The third-order valence-electron chi connectivity index (χ3n) is 6.17. The fourth-order valence-corrected chi connectivity index (χ4v) is 4.07. The van der Waals surface area contributed by atoms with E-state index in [0.29, 0.717) is 35.6 Å². The smallest absolute Gasteiger partial charge is 0.343 e. The summed E-state index contributed by atoms with van der Waals surface area (Å²) in [6, 6.07) is 9.56. The fraction of sp³-hybridized carbons (Fsp3) is 0.452. The second-order valence-electron chi connectivity index (χ2n) is 9.23. The maximum atomic E-state index is 12.8. The number of aromatic nitrogens is 1. The SMILES string of the molecule is CCCCCCCCCCOc1cc2c(=O)c(C(=O)OCC)c[nH]c2cc1OCC.NC(=O)c1ccccc1O. The molecule has 2 aromatic carbocycles. The summed E-state index contributed by atoms with van der Waals surface area (Å²) in [5, 5.41) is 9.36. The first kappa shape index (κ1) is 32.2. The highest BCUT2D eigenvalue weighted by Gasteiger charge is 2.17. The van der Waals surface area contributed by atoms with E-state index in [9.17, 15) is 14.4 Å². The molecule has 0 aliphatic carbocycles. The number of rotatable bonds is 15. The number of amides is 1. The molecule has 1 heterocycles. The molecule has 0 unspecified atom stereocenters. The summed E-state index contributed by atoms with van der Waals surface area (Å²) in [6.07, 6.45) is 11.2. The molecule has 40 heavy (non-hydrogen) atoms. The number of carbonyl (C=O) groups is 2. The molecule has 0 bridgehead atoms. The molecule has 9 nitrogen and oxygen atoms in total. The zero-order valence-electron chi connectivity index (χ0n) is 23.8. The lowest BCUT2D eigenvalue weighted by molar-refractivity contribution is 0.0524. The van der Waals surface area contributed by atoms with Gasteiger partial charge in [0.05, 0.1) is 36.3 Å². The number of aromatic hydroxyl groups is 1. The third kappa shape index (κ3) is 9.94. The molecule has 0 fully saturated rings. The molecule has 0 aliphatic heterocycles. The van der Waals surface area contributed by atoms with Gasteiger partial charge < -0.3 is 30.0 Å². The number of nitrogens with one attached hydrogen (secondary N) is 1. The van der Waals surface area contributed by atoms with E-state index in [2.05, 4.69) is 11.9 Å². The number of phenols is 1. The summed E-state index contributed by atoms with van der Waals surface area (Å²) in [5.41, 5.74) is 5.28. The summed E-state index contributed by atoms with van der Waals surface area (Å²) < 4.78 is 16.6. The van der Waals surface area contributed by atoms with E-state index in [1.807, 2.05) is 6.92 Å². The number of pyridine rings is 1. The van der Waals surface area contributed by atoms with E-state index in [-0.39, 0.29) is 28.9 Å². The third-order valence-corrected chi connectivity index (χ3v) is 6.17. The van der Waals surface area contributed by atoms with Gasteiger partial charge in [0.2, 0.25) is 5.43 Å². The van der Waals surface area contributed by atoms with E-state index in [1.165, 1.54) is 56.9 Å². The van der Waals surface area contributed by atoms with Crippen molar-refractivity contribution >= 4 is 22.8 Å². The maximum Gasteiger partial charge on any atom is 0.343 e. The number of hydrogen-bond donors (Lipinski definition) is 3. The van der Waals surface area contributed by atoms with Gasteiger partial charge in [0.25, 0.3) is 5.91 Å². The van der Waals surface area contributed by atoms with E-state index >= 15 is 0 Å². The van der Waals surface area contributed by atoms with Crippen molar-refractivity contribution in [1.29, 1.82) is 0 Å². The molecule has 0 saturated heterocycles. The van der Waals surface area contributed by atoms with Crippen LogP contribution in [-0.2, 0) is 4.74 Å². The van der Waals surface area contributed by atoms with Crippen LogP contribution in [0.4, 0.5) is 0 Å². The van der Waals surface area contributed by atoms with Crippen molar-refractivity contribution < 1.29 is 28.9 Å². The Hall–Kier alpha value is -4.01. The standard InChI is InChI=1S/C24H35NO5.C7H7NO2/c1-4-7-8-9-10-11-12-13-14-30-21-15-18-20(16-22(21)28-5-2)25-17-19(23(18)26)24(27)29-6-3;8-7(10)5-3-1-2-4-6(5)9/h15-17H,4-14H2,1-3H3,(H,25,26);1-4,9H,(H2,8,10). The Bertz CT molecular complexity index is 1290. The molecule has 3 aromatic rings. The van der Waals surface area contributed by atoms with Gasteiger partial charge in [-0.05, 0) is 38.5 Å². The van der Waals surface area contributed by atoms with Crippen molar-refractivity contribution in [3.63, 3.8) is 0 Å². The molecule has 218 valence electrons. The predicted molar refractivity (Wildman–Crippen MR) is 156 cm³/mol. The van der Waals surface area contributed by atoms with Crippen molar-refractivity contribution in [2.75, 3.05) is 19.8 Å². The van der Waals surface area contributed by atoms with Crippen molar-refractivity contribution in [1.82, 2.24) is 4.98 Å². The Morgan fingerprint density at radius 3 is 2.10 bits per heavy atom. The number of primary amides is 1. The number of nitrogens with two attached hydrogens (primary N) is 1. The van der Waals surface area contributed by atoms with Crippen LogP contribution in [0.15, 0.2) is 47.4 Å². The van der Waals surface area contributed by atoms with Crippen molar-refractivity contribution in [2.24, 2.45) is 5.73 Å². The lowest BCUT2D eigenvalue weighted by atomic mass is 10.1. The topological polar surface area (TPSA) is 141 Å². The average Bonchev–Trinajstić information content (AvgIpc) is 2.93. The quantitative estimate of drug-likeness (QED) is 0.152. The summed E-state index contributed by atoms with van der Waals surface area (Å²) in [5.74, 6) is -0.202. The Labute approximate surface area is 235 Å². The Morgan fingerprint density at radius 2 is 1.50 bits per heavy atom. The van der Waals surface area contributed by atoms with Crippen LogP contribution in [0.3, 0.4) is 0 Å². The summed E-state index contributed by atoms with van der Waals surface area (Å²) in [6.45, 7) is 7.11. The van der Waals surface area contributed by atoms with Crippen molar-refractivity contribution in [3.05, 3.63) is 63.9 Å². The van der Waals surface area contributed by atoms with Crippen molar-refractivity contribution in [3.8, 4) is 17.2 Å². The van der Waals surface area contributed by atoms with Gasteiger partial charge in [-0.3, -0.25) is 9.59 Å². The van der Waals surface area contributed by atoms with Crippen molar-refractivity contribution in [2.45, 2.75) is 72.1 Å². The number of fused-ring (bicyclic) bond motifs is 1. The molecule has 3 rings (SSSR count). The van der Waals surface area contributed by atoms with Gasteiger partial charge >= 0.3 is 5.97 Å². The lowest BCUT2D eigenvalue weighted by Crippen LogP contribution is -2.18. The minimum Gasteiger partial charge on any atom is -0.507 e. The Kier molecular flexibility index (Phi) is 14.1. The normalized spacial score (nSPS) is 10.5. The number of H-pyrrole nitrogens is 1. The van der Waals surface area contributed by atoms with E-state index in [4.69, 9.17) is 25.1 Å². The van der Waals surface area contributed by atoms with Crippen LogP contribution in [0, 0.1) is 0 Å². The monoisotopic (exact) mass is 554 g/mol. The summed E-state index contributed by atoms with van der Waals surface area (Å²) in [7, 11) is 0. The molecule has 1 amide bonds. The second-order valence-corrected chi connectivity index (χ2v) is 9.23. The number of esters is 1. The molecule has 0 aliphatic rings. The van der Waals surface area contributed by atoms with E-state index in [0.717, 1.165) is 12.8 Å².